The number of amides is 2. The minimum atomic E-state index is -0.228. The molecule has 0 atom stereocenters. The standard InChI is InChI=1S/C17H18ClN7O2S2/c1-3-25-13(8-19-15(27)11-4-6-12(18)7-5-11)22-24-17(25)28-9-14(26)20-16-23-21-10(2)29-16/h4-7H,3,8-9H2,1-2H3,(H,19,27)(H,20,23,26). The van der Waals surface area contributed by atoms with Crippen molar-refractivity contribution in [2.45, 2.75) is 32.1 Å². The molecule has 0 saturated heterocycles. The summed E-state index contributed by atoms with van der Waals surface area (Å²) in [5.41, 5.74) is 0.509. The van der Waals surface area contributed by atoms with Gasteiger partial charge in [0, 0.05) is 17.1 Å². The van der Waals surface area contributed by atoms with Gasteiger partial charge in [-0.15, -0.1) is 20.4 Å². The van der Waals surface area contributed by atoms with Gasteiger partial charge in [0.25, 0.3) is 5.91 Å². The third-order valence-electron chi connectivity index (χ3n) is 3.73. The monoisotopic (exact) mass is 451 g/mol. The number of carbonyl (C=O) groups excluding carboxylic acids is 2. The van der Waals surface area contributed by atoms with Crippen molar-refractivity contribution in [1.29, 1.82) is 0 Å². The number of rotatable bonds is 8. The zero-order valence-corrected chi connectivity index (χ0v) is 18.1. The van der Waals surface area contributed by atoms with Gasteiger partial charge in [-0.2, -0.15) is 0 Å². The first kappa shape index (κ1) is 21.2. The number of anilines is 1. The lowest BCUT2D eigenvalue weighted by molar-refractivity contribution is -0.113. The van der Waals surface area contributed by atoms with Crippen LogP contribution in [0.25, 0.3) is 0 Å². The molecule has 0 spiro atoms. The summed E-state index contributed by atoms with van der Waals surface area (Å²) >= 11 is 8.42. The van der Waals surface area contributed by atoms with E-state index in [-0.39, 0.29) is 24.1 Å². The molecule has 0 aliphatic heterocycles. The van der Waals surface area contributed by atoms with E-state index in [9.17, 15) is 9.59 Å². The normalized spacial score (nSPS) is 10.7. The topological polar surface area (TPSA) is 115 Å². The van der Waals surface area contributed by atoms with Crippen LogP contribution in [-0.4, -0.2) is 42.5 Å². The lowest BCUT2D eigenvalue weighted by Crippen LogP contribution is -2.24. The Labute approximate surface area is 180 Å². The van der Waals surface area contributed by atoms with E-state index in [2.05, 4.69) is 31.0 Å². The molecule has 2 amide bonds. The Balaban J connectivity index is 1.55. The van der Waals surface area contributed by atoms with E-state index in [1.165, 1.54) is 23.1 Å². The molecule has 0 unspecified atom stereocenters. The molecule has 0 radical (unpaired) electrons. The van der Waals surface area contributed by atoms with Crippen LogP contribution in [0.15, 0.2) is 29.4 Å². The van der Waals surface area contributed by atoms with Crippen molar-refractivity contribution >= 4 is 51.6 Å². The quantitative estimate of drug-likeness (QED) is 0.506. The van der Waals surface area contributed by atoms with E-state index >= 15 is 0 Å². The minimum absolute atomic E-state index is 0.161. The number of benzene rings is 1. The van der Waals surface area contributed by atoms with Crippen molar-refractivity contribution in [2.24, 2.45) is 0 Å². The van der Waals surface area contributed by atoms with Crippen LogP contribution in [0.3, 0.4) is 0 Å². The maximum atomic E-state index is 12.2. The Morgan fingerprint density at radius 2 is 1.93 bits per heavy atom. The molecule has 152 valence electrons. The summed E-state index contributed by atoms with van der Waals surface area (Å²) in [7, 11) is 0. The molecule has 0 aliphatic carbocycles. The van der Waals surface area contributed by atoms with Gasteiger partial charge in [0.2, 0.25) is 11.0 Å². The van der Waals surface area contributed by atoms with Crippen LogP contribution in [0, 0.1) is 6.92 Å². The summed E-state index contributed by atoms with van der Waals surface area (Å²) in [6.07, 6.45) is 0. The van der Waals surface area contributed by atoms with Gasteiger partial charge in [-0.05, 0) is 38.1 Å². The first-order valence-electron chi connectivity index (χ1n) is 8.65. The largest absolute Gasteiger partial charge is 0.345 e. The molecule has 9 nitrogen and oxygen atoms in total. The molecule has 2 N–H and O–H groups in total. The maximum absolute atomic E-state index is 12.2. The molecule has 0 fully saturated rings. The smallest absolute Gasteiger partial charge is 0.251 e. The molecule has 0 aliphatic rings. The van der Waals surface area contributed by atoms with Crippen LogP contribution in [0.1, 0.15) is 28.1 Å². The van der Waals surface area contributed by atoms with Gasteiger partial charge in [0.15, 0.2) is 11.0 Å². The van der Waals surface area contributed by atoms with Gasteiger partial charge >= 0.3 is 0 Å². The molecule has 12 heteroatoms. The van der Waals surface area contributed by atoms with Crippen molar-refractivity contribution in [1.82, 2.24) is 30.3 Å². The highest BCUT2D eigenvalue weighted by Crippen LogP contribution is 2.19. The van der Waals surface area contributed by atoms with Gasteiger partial charge < -0.3 is 9.88 Å². The van der Waals surface area contributed by atoms with Crippen molar-refractivity contribution < 1.29 is 9.59 Å². The van der Waals surface area contributed by atoms with Crippen LogP contribution in [-0.2, 0) is 17.9 Å². The van der Waals surface area contributed by atoms with Gasteiger partial charge in [-0.3, -0.25) is 14.9 Å². The Morgan fingerprint density at radius 3 is 2.59 bits per heavy atom. The van der Waals surface area contributed by atoms with Gasteiger partial charge in [0.05, 0.1) is 12.3 Å². The van der Waals surface area contributed by atoms with Gasteiger partial charge in [-0.1, -0.05) is 34.7 Å². The summed E-state index contributed by atoms with van der Waals surface area (Å²) in [6, 6.07) is 6.63. The average molecular weight is 452 g/mol. The molecule has 1 aromatic carbocycles. The third kappa shape index (κ3) is 5.75. The highest BCUT2D eigenvalue weighted by atomic mass is 35.5. The fraction of sp³-hybridized carbons (Fsp3) is 0.294. The predicted molar refractivity (Wildman–Crippen MR) is 112 cm³/mol. The summed E-state index contributed by atoms with van der Waals surface area (Å²) in [5.74, 6) is 0.341. The summed E-state index contributed by atoms with van der Waals surface area (Å²) in [4.78, 5) is 24.3. The summed E-state index contributed by atoms with van der Waals surface area (Å²) in [6.45, 7) is 4.60. The highest BCUT2D eigenvalue weighted by molar-refractivity contribution is 7.99. The van der Waals surface area contributed by atoms with Crippen LogP contribution in [0.5, 0.6) is 0 Å². The fourth-order valence-corrected chi connectivity index (χ4v) is 3.92. The second kappa shape index (κ2) is 9.81. The first-order valence-corrected chi connectivity index (χ1v) is 10.8. The molecule has 0 saturated carbocycles. The number of carbonyl (C=O) groups is 2. The fourth-order valence-electron chi connectivity index (χ4n) is 2.37. The average Bonchev–Trinajstić information content (AvgIpc) is 3.30. The van der Waals surface area contributed by atoms with E-state index in [0.29, 0.717) is 33.2 Å². The van der Waals surface area contributed by atoms with Gasteiger partial charge in [-0.25, -0.2) is 0 Å². The minimum Gasteiger partial charge on any atom is -0.345 e. The lowest BCUT2D eigenvalue weighted by Gasteiger charge is -2.08. The summed E-state index contributed by atoms with van der Waals surface area (Å²) in [5, 5.41) is 23.9. The number of nitrogens with zero attached hydrogens (tertiary/aromatic N) is 5. The first-order chi connectivity index (χ1) is 14.0. The SMILES string of the molecule is CCn1c(CNC(=O)c2ccc(Cl)cc2)nnc1SCC(=O)Nc1nnc(C)s1. The molecule has 29 heavy (non-hydrogen) atoms. The second-order valence-electron chi connectivity index (χ2n) is 5.80. The van der Waals surface area contributed by atoms with E-state index in [1.54, 1.807) is 24.3 Å². The predicted octanol–water partition coefficient (Wildman–Crippen LogP) is 2.77. The molecule has 0 bridgehead atoms. The highest BCUT2D eigenvalue weighted by Gasteiger charge is 2.15. The molecule has 2 heterocycles. The Hall–Kier alpha value is -2.50. The number of hydrogen-bond acceptors (Lipinski definition) is 8. The van der Waals surface area contributed by atoms with Crippen molar-refractivity contribution in [2.75, 3.05) is 11.1 Å². The molecular formula is C17H18ClN7O2S2. The second-order valence-corrected chi connectivity index (χ2v) is 8.36. The van der Waals surface area contributed by atoms with E-state index in [4.69, 9.17) is 11.6 Å². The Morgan fingerprint density at radius 1 is 1.17 bits per heavy atom. The number of nitrogens with one attached hydrogen (secondary N) is 2. The maximum Gasteiger partial charge on any atom is 0.251 e. The van der Waals surface area contributed by atoms with Gasteiger partial charge in [0.1, 0.15) is 5.01 Å². The zero-order valence-electron chi connectivity index (χ0n) is 15.7. The number of hydrogen-bond donors (Lipinski definition) is 2. The third-order valence-corrected chi connectivity index (χ3v) is 5.70. The number of aromatic nitrogens is 5. The molecule has 3 rings (SSSR count). The Kier molecular flexibility index (Phi) is 7.18. The van der Waals surface area contributed by atoms with Crippen molar-refractivity contribution in [3.05, 3.63) is 45.7 Å². The van der Waals surface area contributed by atoms with Crippen LogP contribution in [0.2, 0.25) is 5.02 Å². The molecule has 3 aromatic rings. The van der Waals surface area contributed by atoms with E-state index in [0.717, 1.165) is 5.01 Å². The van der Waals surface area contributed by atoms with Crippen molar-refractivity contribution in [3.63, 3.8) is 0 Å². The zero-order chi connectivity index (χ0) is 20.8. The Bertz CT molecular complexity index is 1000. The number of halogens is 1. The number of thioether (sulfide) groups is 1. The van der Waals surface area contributed by atoms with Crippen LogP contribution in [0.4, 0.5) is 5.13 Å². The van der Waals surface area contributed by atoms with Crippen molar-refractivity contribution in [3.8, 4) is 0 Å². The molecule has 2 aromatic heterocycles. The van der Waals surface area contributed by atoms with E-state index in [1.807, 2.05) is 18.4 Å². The van der Waals surface area contributed by atoms with E-state index < -0.39 is 0 Å². The number of aryl methyl sites for hydroxylation is 1. The van der Waals surface area contributed by atoms with Crippen LogP contribution >= 0.6 is 34.7 Å². The summed E-state index contributed by atoms with van der Waals surface area (Å²) < 4.78 is 1.86. The van der Waals surface area contributed by atoms with Crippen LogP contribution < -0.4 is 10.6 Å². The lowest BCUT2D eigenvalue weighted by atomic mass is 10.2. The molecular weight excluding hydrogens is 434 g/mol.